The number of amides is 1. The highest BCUT2D eigenvalue weighted by Crippen LogP contribution is 2.22. The fraction of sp³-hybridized carbons (Fsp3) is 0.733. The molecule has 1 aliphatic heterocycles. The average molecular weight is 293 g/mol. The molecule has 0 aliphatic carbocycles. The van der Waals surface area contributed by atoms with Crippen LogP contribution in [0.5, 0.6) is 0 Å². The van der Waals surface area contributed by atoms with E-state index >= 15 is 0 Å². The summed E-state index contributed by atoms with van der Waals surface area (Å²) in [6.07, 6.45) is 7.36. The third-order valence-electron chi connectivity index (χ3n) is 4.13. The van der Waals surface area contributed by atoms with Crippen molar-refractivity contribution in [3.05, 3.63) is 12.4 Å². The Morgan fingerprint density at radius 2 is 2.43 bits per heavy atom. The van der Waals surface area contributed by atoms with Crippen LogP contribution < -0.4 is 11.1 Å². The van der Waals surface area contributed by atoms with Gasteiger partial charge in [-0.3, -0.25) is 9.48 Å². The lowest BCUT2D eigenvalue weighted by molar-refractivity contribution is -0.118. The molecule has 0 spiro atoms. The highest BCUT2D eigenvalue weighted by Gasteiger charge is 2.24. The van der Waals surface area contributed by atoms with Crippen molar-refractivity contribution in [3.63, 3.8) is 0 Å². The zero-order valence-corrected chi connectivity index (χ0v) is 13.1. The fourth-order valence-electron chi connectivity index (χ4n) is 3.08. The van der Waals surface area contributed by atoms with Gasteiger partial charge in [0.05, 0.1) is 11.9 Å². The summed E-state index contributed by atoms with van der Waals surface area (Å²) in [6, 6.07) is 0.399. The number of anilines is 1. The van der Waals surface area contributed by atoms with Crippen LogP contribution in [-0.4, -0.2) is 46.3 Å². The maximum Gasteiger partial charge on any atom is 0.239 e. The second-order valence-corrected chi connectivity index (χ2v) is 6.03. The first-order valence-corrected chi connectivity index (χ1v) is 7.88. The highest BCUT2D eigenvalue weighted by molar-refractivity contribution is 5.73. The maximum absolute atomic E-state index is 10.9. The summed E-state index contributed by atoms with van der Waals surface area (Å²) in [5, 5.41) is 7.65. The number of carbonyl (C=O) groups excluding carboxylic acids is 1. The Bertz CT molecular complexity index is 457. The lowest BCUT2D eigenvalue weighted by Crippen LogP contribution is -2.42. The number of hydrogen-bond acceptors (Lipinski definition) is 4. The topological polar surface area (TPSA) is 76.2 Å². The van der Waals surface area contributed by atoms with Crippen molar-refractivity contribution in [3.8, 4) is 0 Å². The van der Waals surface area contributed by atoms with Crippen LogP contribution in [0.4, 0.5) is 5.69 Å². The Labute approximate surface area is 126 Å². The Morgan fingerprint density at radius 1 is 1.62 bits per heavy atom. The van der Waals surface area contributed by atoms with Gasteiger partial charge in [-0.05, 0) is 45.2 Å². The maximum atomic E-state index is 10.9. The van der Waals surface area contributed by atoms with Crippen LogP contribution in [0.2, 0.25) is 0 Å². The average Bonchev–Trinajstić information content (AvgIpc) is 2.86. The van der Waals surface area contributed by atoms with Gasteiger partial charge in [0.25, 0.3) is 0 Å². The van der Waals surface area contributed by atoms with E-state index in [1.54, 1.807) is 10.9 Å². The van der Waals surface area contributed by atoms with Crippen molar-refractivity contribution < 1.29 is 4.79 Å². The number of rotatable bonds is 7. The molecule has 1 aromatic heterocycles. The van der Waals surface area contributed by atoms with E-state index in [1.807, 2.05) is 6.20 Å². The van der Waals surface area contributed by atoms with Gasteiger partial charge >= 0.3 is 0 Å². The molecule has 0 saturated carbocycles. The molecule has 2 rings (SSSR count). The molecule has 0 radical (unpaired) electrons. The molecule has 21 heavy (non-hydrogen) atoms. The molecule has 1 aromatic rings. The SMILES string of the molecule is CCCN1CCCC(C(C)Nc2cnn(CC(N)=O)c2)C1. The third-order valence-corrected chi connectivity index (χ3v) is 4.13. The van der Waals surface area contributed by atoms with E-state index in [-0.39, 0.29) is 12.5 Å². The summed E-state index contributed by atoms with van der Waals surface area (Å²) in [5.41, 5.74) is 6.12. The number of nitrogens with one attached hydrogen (secondary N) is 1. The number of aromatic nitrogens is 2. The number of piperidine rings is 1. The first-order chi connectivity index (χ1) is 10.1. The molecule has 1 saturated heterocycles. The smallest absolute Gasteiger partial charge is 0.239 e. The zero-order chi connectivity index (χ0) is 15.2. The Hall–Kier alpha value is -1.56. The van der Waals surface area contributed by atoms with E-state index < -0.39 is 0 Å². The van der Waals surface area contributed by atoms with Crippen LogP contribution in [0.15, 0.2) is 12.4 Å². The Kier molecular flexibility index (Phi) is 5.61. The largest absolute Gasteiger partial charge is 0.380 e. The monoisotopic (exact) mass is 293 g/mol. The van der Waals surface area contributed by atoms with Crippen LogP contribution >= 0.6 is 0 Å². The predicted molar refractivity (Wildman–Crippen MR) is 84.0 cm³/mol. The van der Waals surface area contributed by atoms with Crippen molar-refractivity contribution in [2.45, 2.75) is 45.7 Å². The molecule has 2 atom stereocenters. The molecule has 0 bridgehead atoms. The molecular weight excluding hydrogens is 266 g/mol. The van der Waals surface area contributed by atoms with Crippen molar-refractivity contribution >= 4 is 11.6 Å². The molecule has 1 amide bonds. The van der Waals surface area contributed by atoms with E-state index in [0.29, 0.717) is 12.0 Å². The fourth-order valence-corrected chi connectivity index (χ4v) is 3.08. The minimum absolute atomic E-state index is 0.129. The molecule has 118 valence electrons. The minimum atomic E-state index is -0.375. The normalized spacial score (nSPS) is 21.1. The molecule has 1 fully saturated rings. The molecule has 3 N–H and O–H groups in total. The van der Waals surface area contributed by atoms with Gasteiger partial charge < -0.3 is 16.0 Å². The summed E-state index contributed by atoms with van der Waals surface area (Å²) in [4.78, 5) is 13.4. The first-order valence-electron chi connectivity index (χ1n) is 7.88. The number of primary amides is 1. The Morgan fingerprint density at radius 3 is 3.14 bits per heavy atom. The standard InChI is InChI=1S/C15H27N5O/c1-3-6-19-7-4-5-13(9-19)12(2)18-14-8-17-20(10-14)11-15(16)21/h8,10,12-13,18H,3-7,9,11H2,1-2H3,(H2,16,21). The lowest BCUT2D eigenvalue weighted by atomic mass is 9.91. The van der Waals surface area contributed by atoms with Crippen molar-refractivity contribution in [2.75, 3.05) is 25.0 Å². The van der Waals surface area contributed by atoms with Gasteiger partial charge in [0.1, 0.15) is 6.54 Å². The second kappa shape index (κ2) is 7.45. The van der Waals surface area contributed by atoms with E-state index in [9.17, 15) is 4.79 Å². The van der Waals surface area contributed by atoms with Gasteiger partial charge in [-0.1, -0.05) is 6.92 Å². The quantitative estimate of drug-likeness (QED) is 0.794. The van der Waals surface area contributed by atoms with Gasteiger partial charge in [-0.15, -0.1) is 0 Å². The van der Waals surface area contributed by atoms with Crippen molar-refractivity contribution in [1.82, 2.24) is 14.7 Å². The second-order valence-electron chi connectivity index (χ2n) is 6.03. The van der Waals surface area contributed by atoms with E-state index in [0.717, 1.165) is 12.2 Å². The molecule has 2 unspecified atom stereocenters. The molecule has 6 heteroatoms. The zero-order valence-electron chi connectivity index (χ0n) is 13.1. The van der Waals surface area contributed by atoms with Crippen LogP contribution in [0.25, 0.3) is 0 Å². The Balaban J connectivity index is 1.86. The molecule has 1 aliphatic rings. The summed E-state index contributed by atoms with van der Waals surface area (Å²) < 4.78 is 1.57. The lowest BCUT2D eigenvalue weighted by Gasteiger charge is -2.36. The minimum Gasteiger partial charge on any atom is -0.380 e. The van der Waals surface area contributed by atoms with Crippen molar-refractivity contribution in [2.24, 2.45) is 11.7 Å². The van der Waals surface area contributed by atoms with E-state index in [4.69, 9.17) is 5.73 Å². The van der Waals surface area contributed by atoms with E-state index in [2.05, 4.69) is 29.2 Å². The molecule has 6 nitrogen and oxygen atoms in total. The first kappa shape index (κ1) is 15.8. The third kappa shape index (κ3) is 4.74. The van der Waals surface area contributed by atoms with Crippen molar-refractivity contribution in [1.29, 1.82) is 0 Å². The van der Waals surface area contributed by atoms with Gasteiger partial charge in [0, 0.05) is 18.8 Å². The van der Waals surface area contributed by atoms with Crippen LogP contribution in [0, 0.1) is 5.92 Å². The number of hydrogen-bond donors (Lipinski definition) is 2. The van der Waals surface area contributed by atoms with Crippen LogP contribution in [0.3, 0.4) is 0 Å². The van der Waals surface area contributed by atoms with Gasteiger partial charge in [-0.2, -0.15) is 5.10 Å². The van der Waals surface area contributed by atoms with E-state index in [1.165, 1.54) is 32.4 Å². The predicted octanol–water partition coefficient (Wildman–Crippen LogP) is 1.29. The van der Waals surface area contributed by atoms with Gasteiger partial charge in [0.2, 0.25) is 5.91 Å². The molecule has 2 heterocycles. The van der Waals surface area contributed by atoms with Crippen LogP contribution in [-0.2, 0) is 11.3 Å². The molecule has 0 aromatic carbocycles. The van der Waals surface area contributed by atoms with Crippen LogP contribution in [0.1, 0.15) is 33.1 Å². The highest BCUT2D eigenvalue weighted by atomic mass is 16.1. The summed E-state index contributed by atoms with van der Waals surface area (Å²) in [5.74, 6) is 0.282. The van der Waals surface area contributed by atoms with Gasteiger partial charge in [0.15, 0.2) is 0 Å². The summed E-state index contributed by atoms with van der Waals surface area (Å²) >= 11 is 0. The number of nitrogens with zero attached hydrogens (tertiary/aromatic N) is 3. The molecular formula is C15H27N5O. The van der Waals surface area contributed by atoms with Gasteiger partial charge in [-0.25, -0.2) is 0 Å². The number of nitrogens with two attached hydrogens (primary N) is 1. The number of carbonyl (C=O) groups is 1. The number of likely N-dealkylation sites (tertiary alicyclic amines) is 1. The summed E-state index contributed by atoms with van der Waals surface area (Å²) in [7, 11) is 0. The summed E-state index contributed by atoms with van der Waals surface area (Å²) in [6.45, 7) is 8.18.